The maximum absolute atomic E-state index is 13.5. The van der Waals surface area contributed by atoms with Gasteiger partial charge in [0.05, 0.1) is 0 Å². The highest BCUT2D eigenvalue weighted by Crippen LogP contribution is 2.29. The van der Waals surface area contributed by atoms with Crippen molar-refractivity contribution in [1.29, 1.82) is 0 Å². The van der Waals surface area contributed by atoms with E-state index in [1.807, 2.05) is 6.92 Å². The predicted molar refractivity (Wildman–Crippen MR) is 65.0 cm³/mol. The highest BCUT2D eigenvalue weighted by molar-refractivity contribution is 7.10. The van der Waals surface area contributed by atoms with E-state index < -0.39 is 0 Å². The Kier molecular flexibility index (Phi) is 5.26. The van der Waals surface area contributed by atoms with Gasteiger partial charge < -0.3 is 5.73 Å². The Hall–Kier alpha value is -0.410. The average molecular weight is 229 g/mol. The zero-order valence-corrected chi connectivity index (χ0v) is 10.4. The second kappa shape index (κ2) is 6.23. The van der Waals surface area contributed by atoms with Gasteiger partial charge >= 0.3 is 0 Å². The Morgan fingerprint density at radius 2 is 2.20 bits per heavy atom. The van der Waals surface area contributed by atoms with E-state index in [1.54, 1.807) is 5.38 Å². The van der Waals surface area contributed by atoms with E-state index in [0.717, 1.165) is 18.4 Å². The van der Waals surface area contributed by atoms with Crippen molar-refractivity contribution in [3.8, 4) is 0 Å². The van der Waals surface area contributed by atoms with Crippen LogP contribution in [0.3, 0.4) is 0 Å². The maximum Gasteiger partial charge on any atom is 0.137 e. The number of rotatable bonds is 6. The lowest BCUT2D eigenvalue weighted by Crippen LogP contribution is -2.11. The highest BCUT2D eigenvalue weighted by atomic mass is 32.1. The van der Waals surface area contributed by atoms with E-state index >= 15 is 0 Å². The van der Waals surface area contributed by atoms with Crippen molar-refractivity contribution in [1.82, 2.24) is 0 Å². The zero-order valence-electron chi connectivity index (χ0n) is 9.55. The van der Waals surface area contributed by atoms with E-state index in [2.05, 4.69) is 6.92 Å². The molecule has 0 saturated heterocycles. The van der Waals surface area contributed by atoms with Gasteiger partial charge in [-0.2, -0.15) is 0 Å². The van der Waals surface area contributed by atoms with Crippen LogP contribution >= 0.6 is 11.3 Å². The summed E-state index contributed by atoms with van der Waals surface area (Å²) in [4.78, 5) is 1.19. The van der Waals surface area contributed by atoms with Crippen molar-refractivity contribution >= 4 is 11.3 Å². The molecule has 1 aromatic heterocycles. The fourth-order valence-electron chi connectivity index (χ4n) is 1.74. The van der Waals surface area contributed by atoms with Crippen LogP contribution in [0.2, 0.25) is 0 Å². The van der Waals surface area contributed by atoms with Crippen molar-refractivity contribution in [2.75, 3.05) is 6.54 Å². The van der Waals surface area contributed by atoms with Crippen molar-refractivity contribution < 1.29 is 4.39 Å². The summed E-state index contributed by atoms with van der Waals surface area (Å²) >= 11 is 1.54. The predicted octanol–water partition coefficient (Wildman–Crippen LogP) is 3.68. The third-order valence-corrected chi connectivity index (χ3v) is 3.75. The molecule has 86 valence electrons. The lowest BCUT2D eigenvalue weighted by Gasteiger charge is -2.10. The number of unbranched alkanes of at least 4 members (excludes halogenated alkanes) is 2. The first-order valence-corrected chi connectivity index (χ1v) is 6.54. The number of aryl methyl sites for hydroxylation is 1. The summed E-state index contributed by atoms with van der Waals surface area (Å²) in [6.45, 7) is 4.70. The summed E-state index contributed by atoms with van der Waals surface area (Å²) in [6.07, 6.45) is 4.58. The van der Waals surface area contributed by atoms with E-state index in [9.17, 15) is 4.39 Å². The molecule has 1 aromatic rings. The molecule has 1 rings (SSSR count). The largest absolute Gasteiger partial charge is 0.330 e. The van der Waals surface area contributed by atoms with Crippen LogP contribution in [-0.4, -0.2) is 6.54 Å². The van der Waals surface area contributed by atoms with Crippen molar-refractivity contribution in [3.63, 3.8) is 0 Å². The minimum atomic E-state index is -0.0653. The summed E-state index contributed by atoms with van der Waals surface area (Å²) < 4.78 is 13.5. The average Bonchev–Trinajstić information content (AvgIpc) is 2.59. The minimum absolute atomic E-state index is 0.0653. The standard InChI is InChI=1S/C12H20FNS/c1-3-4-5-6-11-12(9(2)7-14)10(13)8-15-11/h8-9H,3-7,14H2,1-2H3. The fraction of sp³-hybridized carbons (Fsp3) is 0.667. The van der Waals surface area contributed by atoms with Crippen molar-refractivity contribution in [2.45, 2.75) is 45.4 Å². The van der Waals surface area contributed by atoms with Crippen LogP contribution in [0.25, 0.3) is 0 Å². The Morgan fingerprint density at radius 3 is 2.80 bits per heavy atom. The molecule has 2 N–H and O–H groups in total. The van der Waals surface area contributed by atoms with E-state index in [4.69, 9.17) is 5.73 Å². The SMILES string of the molecule is CCCCCc1scc(F)c1C(C)CN. The maximum atomic E-state index is 13.5. The second-order valence-electron chi connectivity index (χ2n) is 4.01. The Morgan fingerprint density at radius 1 is 1.47 bits per heavy atom. The molecule has 0 fully saturated rings. The fourth-order valence-corrected chi connectivity index (χ4v) is 2.80. The summed E-state index contributed by atoms with van der Waals surface area (Å²) in [5.41, 5.74) is 6.45. The molecule has 0 aliphatic carbocycles. The van der Waals surface area contributed by atoms with E-state index in [-0.39, 0.29) is 11.7 Å². The molecule has 0 bridgehead atoms. The molecule has 0 aliphatic heterocycles. The van der Waals surface area contributed by atoms with Gasteiger partial charge in [0.2, 0.25) is 0 Å². The van der Waals surface area contributed by atoms with Gasteiger partial charge in [0.25, 0.3) is 0 Å². The van der Waals surface area contributed by atoms with Gasteiger partial charge in [0, 0.05) is 15.8 Å². The topological polar surface area (TPSA) is 26.0 Å². The van der Waals surface area contributed by atoms with Gasteiger partial charge in [-0.15, -0.1) is 11.3 Å². The van der Waals surface area contributed by atoms with Crippen LogP contribution in [0.15, 0.2) is 5.38 Å². The molecule has 0 radical (unpaired) electrons. The Balaban J connectivity index is 2.70. The molecule has 15 heavy (non-hydrogen) atoms. The number of halogens is 1. The molecule has 1 atom stereocenters. The van der Waals surface area contributed by atoms with E-state index in [0.29, 0.717) is 6.54 Å². The molecule has 0 saturated carbocycles. The van der Waals surface area contributed by atoms with Gasteiger partial charge in [-0.3, -0.25) is 0 Å². The van der Waals surface area contributed by atoms with Gasteiger partial charge in [0.15, 0.2) is 0 Å². The normalized spacial score (nSPS) is 13.1. The number of hydrogen-bond donors (Lipinski definition) is 1. The summed E-state index contributed by atoms with van der Waals surface area (Å²) in [5.74, 6) is 0.0809. The molecule has 3 heteroatoms. The lowest BCUT2D eigenvalue weighted by molar-refractivity contribution is 0.592. The number of thiophene rings is 1. The third-order valence-electron chi connectivity index (χ3n) is 2.72. The highest BCUT2D eigenvalue weighted by Gasteiger charge is 2.16. The zero-order chi connectivity index (χ0) is 11.3. The summed E-state index contributed by atoms with van der Waals surface area (Å²) in [5, 5.41) is 1.61. The molecular weight excluding hydrogens is 209 g/mol. The van der Waals surface area contributed by atoms with Crippen LogP contribution in [-0.2, 0) is 6.42 Å². The van der Waals surface area contributed by atoms with Gasteiger partial charge in [0.1, 0.15) is 5.82 Å². The third kappa shape index (κ3) is 3.28. The number of hydrogen-bond acceptors (Lipinski definition) is 2. The van der Waals surface area contributed by atoms with Crippen molar-refractivity contribution in [2.24, 2.45) is 5.73 Å². The molecule has 1 nitrogen and oxygen atoms in total. The van der Waals surface area contributed by atoms with Gasteiger partial charge in [-0.05, 0) is 25.3 Å². The van der Waals surface area contributed by atoms with E-state index in [1.165, 1.54) is 29.1 Å². The summed E-state index contributed by atoms with van der Waals surface area (Å²) in [6, 6.07) is 0. The molecule has 1 unspecified atom stereocenters. The quantitative estimate of drug-likeness (QED) is 0.740. The molecule has 0 amide bonds. The van der Waals surface area contributed by atoms with Crippen LogP contribution in [0.5, 0.6) is 0 Å². The van der Waals surface area contributed by atoms with Crippen LogP contribution in [0.1, 0.15) is 49.5 Å². The first kappa shape index (κ1) is 12.7. The van der Waals surface area contributed by atoms with Gasteiger partial charge in [-0.25, -0.2) is 4.39 Å². The smallest absolute Gasteiger partial charge is 0.137 e. The molecule has 0 aliphatic rings. The molecule has 0 spiro atoms. The Bertz CT molecular complexity index is 296. The van der Waals surface area contributed by atoms with Crippen molar-refractivity contribution in [3.05, 3.63) is 21.6 Å². The van der Waals surface area contributed by atoms with Crippen LogP contribution < -0.4 is 5.73 Å². The van der Waals surface area contributed by atoms with Crippen LogP contribution in [0.4, 0.5) is 4.39 Å². The minimum Gasteiger partial charge on any atom is -0.330 e. The second-order valence-corrected chi connectivity index (χ2v) is 4.98. The van der Waals surface area contributed by atoms with Crippen LogP contribution in [0, 0.1) is 5.82 Å². The Labute approximate surface area is 95.5 Å². The summed E-state index contributed by atoms with van der Waals surface area (Å²) in [7, 11) is 0. The molecule has 0 aromatic carbocycles. The van der Waals surface area contributed by atoms with Gasteiger partial charge in [-0.1, -0.05) is 26.7 Å². The first-order valence-electron chi connectivity index (χ1n) is 5.66. The monoisotopic (exact) mass is 229 g/mol. The molecular formula is C12H20FNS. The number of nitrogens with two attached hydrogens (primary N) is 1. The first-order chi connectivity index (χ1) is 7.20. The molecule has 1 heterocycles. The lowest BCUT2D eigenvalue weighted by atomic mass is 9.99.